The molecule has 0 atom stereocenters. The van der Waals surface area contributed by atoms with E-state index in [0.29, 0.717) is 6.61 Å². The van der Waals surface area contributed by atoms with Gasteiger partial charge < -0.3 is 10.0 Å². The number of unbranched alkanes of at least 4 members (excludes halogenated alkanes) is 2. The third kappa shape index (κ3) is 3.93. The van der Waals surface area contributed by atoms with E-state index in [0.717, 1.165) is 44.7 Å². The predicted molar refractivity (Wildman–Crippen MR) is 76.4 cm³/mol. The van der Waals surface area contributed by atoms with E-state index in [1.807, 2.05) is 0 Å². The van der Waals surface area contributed by atoms with Crippen molar-refractivity contribution in [2.45, 2.75) is 26.2 Å². The van der Waals surface area contributed by atoms with Gasteiger partial charge in [0.15, 0.2) is 5.13 Å². The zero-order chi connectivity index (χ0) is 12.8. The molecule has 1 aromatic rings. The number of aryl methyl sites for hydroxylation is 1. The summed E-state index contributed by atoms with van der Waals surface area (Å²) in [7, 11) is 0. The average molecular weight is 269 g/mol. The molecule has 18 heavy (non-hydrogen) atoms. The lowest BCUT2D eigenvalue weighted by Gasteiger charge is -2.34. The Hall–Kier alpha value is -0.650. The first kappa shape index (κ1) is 13.8. The van der Waals surface area contributed by atoms with Gasteiger partial charge in [-0.3, -0.25) is 4.90 Å². The molecule has 0 radical (unpaired) electrons. The first-order valence-corrected chi connectivity index (χ1v) is 7.68. The van der Waals surface area contributed by atoms with Crippen LogP contribution in [-0.4, -0.2) is 54.3 Å². The maximum absolute atomic E-state index is 8.74. The lowest BCUT2D eigenvalue weighted by atomic mass is 10.2. The zero-order valence-electron chi connectivity index (χ0n) is 11.1. The van der Waals surface area contributed by atoms with Crippen LogP contribution >= 0.6 is 11.3 Å². The molecule has 1 aliphatic rings. The molecule has 1 saturated heterocycles. The Bertz CT molecular complexity index is 348. The molecule has 0 bridgehead atoms. The quantitative estimate of drug-likeness (QED) is 0.799. The van der Waals surface area contributed by atoms with E-state index < -0.39 is 0 Å². The summed E-state index contributed by atoms with van der Waals surface area (Å²) in [6.07, 6.45) is 3.29. The van der Waals surface area contributed by atoms with Crippen molar-refractivity contribution in [3.8, 4) is 0 Å². The molecule has 4 nitrogen and oxygen atoms in total. The molecule has 0 amide bonds. The van der Waals surface area contributed by atoms with Gasteiger partial charge >= 0.3 is 0 Å². The van der Waals surface area contributed by atoms with E-state index in [2.05, 4.69) is 27.1 Å². The van der Waals surface area contributed by atoms with E-state index >= 15 is 0 Å². The molecule has 102 valence electrons. The van der Waals surface area contributed by atoms with Crippen molar-refractivity contribution >= 4 is 16.5 Å². The molecule has 0 aromatic carbocycles. The van der Waals surface area contributed by atoms with Crippen molar-refractivity contribution < 1.29 is 5.11 Å². The number of hydrogen-bond acceptors (Lipinski definition) is 5. The maximum atomic E-state index is 8.74. The van der Waals surface area contributed by atoms with Crippen LogP contribution in [0.5, 0.6) is 0 Å². The largest absolute Gasteiger partial charge is 0.396 e. The molecule has 1 aliphatic heterocycles. The van der Waals surface area contributed by atoms with Crippen LogP contribution in [0.4, 0.5) is 5.13 Å². The highest BCUT2D eigenvalue weighted by Crippen LogP contribution is 2.21. The highest BCUT2D eigenvalue weighted by atomic mass is 32.1. The summed E-state index contributed by atoms with van der Waals surface area (Å²) in [6, 6.07) is 0. The van der Waals surface area contributed by atoms with E-state index in [-0.39, 0.29) is 0 Å². The number of thiazole rings is 1. The van der Waals surface area contributed by atoms with Gasteiger partial charge in [0, 0.05) is 38.2 Å². The molecule has 0 aliphatic carbocycles. The van der Waals surface area contributed by atoms with E-state index in [4.69, 9.17) is 5.11 Å². The third-order valence-electron chi connectivity index (χ3n) is 3.38. The fourth-order valence-electron chi connectivity index (χ4n) is 2.27. The highest BCUT2D eigenvalue weighted by Gasteiger charge is 2.18. The Morgan fingerprint density at radius 1 is 1.22 bits per heavy atom. The Morgan fingerprint density at radius 3 is 2.61 bits per heavy atom. The van der Waals surface area contributed by atoms with Crippen LogP contribution in [0, 0.1) is 6.92 Å². The van der Waals surface area contributed by atoms with Crippen LogP contribution in [-0.2, 0) is 0 Å². The van der Waals surface area contributed by atoms with Crippen molar-refractivity contribution in [3.63, 3.8) is 0 Å². The minimum absolute atomic E-state index is 0.331. The van der Waals surface area contributed by atoms with Crippen molar-refractivity contribution in [2.75, 3.05) is 44.2 Å². The van der Waals surface area contributed by atoms with Crippen molar-refractivity contribution in [1.29, 1.82) is 0 Å². The number of hydrogen-bond donors (Lipinski definition) is 1. The van der Waals surface area contributed by atoms with Gasteiger partial charge in [0.25, 0.3) is 0 Å². The standard InChI is InChI=1S/C13H23N3OS/c1-12-11-18-13(14-12)16-8-6-15(7-9-16)5-3-2-4-10-17/h11,17H,2-10H2,1H3. The van der Waals surface area contributed by atoms with Gasteiger partial charge in [0.05, 0.1) is 5.69 Å². The van der Waals surface area contributed by atoms with Gasteiger partial charge in [-0.25, -0.2) is 4.98 Å². The molecule has 5 heteroatoms. The second-order valence-electron chi connectivity index (χ2n) is 4.88. The minimum Gasteiger partial charge on any atom is -0.396 e. The second kappa shape index (κ2) is 7.07. The van der Waals surface area contributed by atoms with Crippen LogP contribution in [0.1, 0.15) is 25.0 Å². The van der Waals surface area contributed by atoms with E-state index in [1.54, 1.807) is 11.3 Å². The van der Waals surface area contributed by atoms with E-state index in [1.165, 1.54) is 18.1 Å². The molecule has 2 heterocycles. The molecule has 0 unspecified atom stereocenters. The van der Waals surface area contributed by atoms with Crippen LogP contribution in [0.3, 0.4) is 0 Å². The number of aromatic nitrogens is 1. The number of rotatable bonds is 6. The SMILES string of the molecule is Cc1csc(N2CCN(CCCCCO)CC2)n1. The Kier molecular flexibility index (Phi) is 5.41. The molecule has 1 fully saturated rings. The van der Waals surface area contributed by atoms with Crippen LogP contribution in [0.25, 0.3) is 0 Å². The molecule has 0 saturated carbocycles. The van der Waals surface area contributed by atoms with Gasteiger partial charge in [0.1, 0.15) is 0 Å². The number of piperazine rings is 1. The summed E-state index contributed by atoms with van der Waals surface area (Å²) in [5.41, 5.74) is 1.13. The monoisotopic (exact) mass is 269 g/mol. The lowest BCUT2D eigenvalue weighted by molar-refractivity contribution is 0.242. The molecular weight excluding hydrogens is 246 g/mol. The van der Waals surface area contributed by atoms with Crippen molar-refractivity contribution in [2.24, 2.45) is 0 Å². The Balaban J connectivity index is 1.68. The van der Waals surface area contributed by atoms with Gasteiger partial charge in [-0.1, -0.05) is 0 Å². The molecule has 1 N–H and O–H groups in total. The topological polar surface area (TPSA) is 39.6 Å². The summed E-state index contributed by atoms with van der Waals surface area (Å²) in [6.45, 7) is 8.01. The second-order valence-corrected chi connectivity index (χ2v) is 5.72. The van der Waals surface area contributed by atoms with Gasteiger partial charge in [-0.15, -0.1) is 11.3 Å². The van der Waals surface area contributed by atoms with Crippen LogP contribution in [0.15, 0.2) is 5.38 Å². The Labute approximate surface area is 113 Å². The van der Waals surface area contributed by atoms with Crippen molar-refractivity contribution in [3.05, 3.63) is 11.1 Å². The number of aliphatic hydroxyl groups excluding tert-OH is 1. The van der Waals surface area contributed by atoms with Crippen LogP contribution < -0.4 is 4.90 Å². The fraction of sp³-hybridized carbons (Fsp3) is 0.769. The summed E-state index contributed by atoms with van der Waals surface area (Å²) < 4.78 is 0. The van der Waals surface area contributed by atoms with Gasteiger partial charge in [0.2, 0.25) is 0 Å². The highest BCUT2D eigenvalue weighted by molar-refractivity contribution is 7.13. The zero-order valence-corrected chi connectivity index (χ0v) is 12.0. The van der Waals surface area contributed by atoms with Crippen LogP contribution in [0.2, 0.25) is 0 Å². The number of nitrogens with zero attached hydrogens (tertiary/aromatic N) is 3. The molecular formula is C13H23N3OS. The lowest BCUT2D eigenvalue weighted by Crippen LogP contribution is -2.46. The van der Waals surface area contributed by atoms with E-state index in [9.17, 15) is 0 Å². The number of aliphatic hydroxyl groups is 1. The predicted octanol–water partition coefficient (Wildman–Crippen LogP) is 1.74. The minimum atomic E-state index is 0.331. The first-order valence-electron chi connectivity index (χ1n) is 6.80. The fourth-order valence-corrected chi connectivity index (χ4v) is 3.13. The maximum Gasteiger partial charge on any atom is 0.185 e. The number of anilines is 1. The average Bonchev–Trinajstić information content (AvgIpc) is 2.82. The summed E-state index contributed by atoms with van der Waals surface area (Å²) >= 11 is 1.75. The normalized spacial score (nSPS) is 17.3. The molecule has 0 spiro atoms. The Morgan fingerprint density at radius 2 is 2.00 bits per heavy atom. The summed E-state index contributed by atoms with van der Waals surface area (Å²) in [4.78, 5) is 9.46. The third-order valence-corrected chi connectivity index (χ3v) is 4.40. The smallest absolute Gasteiger partial charge is 0.185 e. The molecule has 2 rings (SSSR count). The summed E-state index contributed by atoms with van der Waals surface area (Å²) in [5, 5.41) is 12.0. The first-order chi connectivity index (χ1) is 8.79. The van der Waals surface area contributed by atoms with Gasteiger partial charge in [-0.05, 0) is 32.7 Å². The summed E-state index contributed by atoms with van der Waals surface area (Å²) in [5.74, 6) is 0. The molecule has 1 aromatic heterocycles. The van der Waals surface area contributed by atoms with Gasteiger partial charge in [-0.2, -0.15) is 0 Å². The van der Waals surface area contributed by atoms with Crippen molar-refractivity contribution in [1.82, 2.24) is 9.88 Å².